The Morgan fingerprint density at radius 3 is 2.33 bits per heavy atom. The van der Waals surface area contributed by atoms with Crippen molar-refractivity contribution in [1.82, 2.24) is 25.1 Å². The minimum Gasteiger partial charge on any atom is -0.477 e. The molecular formula is C28H26ClFN8O7. The van der Waals surface area contributed by atoms with Gasteiger partial charge < -0.3 is 31.9 Å². The summed E-state index contributed by atoms with van der Waals surface area (Å²) in [7, 11) is 1.29. The van der Waals surface area contributed by atoms with Crippen LogP contribution < -0.4 is 33.0 Å². The molecule has 15 nitrogen and oxygen atoms in total. The van der Waals surface area contributed by atoms with Crippen LogP contribution in [0.4, 0.5) is 15.8 Å². The molecule has 1 amide bonds. The first kappa shape index (κ1) is 33.8. The zero-order chi connectivity index (χ0) is 32.0. The number of aromatic nitrogens is 4. The number of ether oxygens (including phenoxy) is 1. The van der Waals surface area contributed by atoms with Crippen molar-refractivity contribution in [1.29, 1.82) is 0 Å². The molecule has 0 radical (unpaired) electrons. The topological polar surface area (TPSA) is 234 Å². The number of nitrogens with two attached hydrogens (primary N) is 2. The number of anilines is 2. The van der Waals surface area contributed by atoms with Crippen LogP contribution in [-0.4, -0.2) is 49.9 Å². The highest BCUT2D eigenvalue weighted by atomic mass is 35.5. The summed E-state index contributed by atoms with van der Waals surface area (Å²) in [5, 5.41) is 21.7. The van der Waals surface area contributed by atoms with Gasteiger partial charge in [0.1, 0.15) is 22.9 Å². The molecule has 5 aromatic rings. The number of nitrogens with one attached hydrogen (secondary N) is 2. The second-order valence-electron chi connectivity index (χ2n) is 9.14. The summed E-state index contributed by atoms with van der Waals surface area (Å²) in [5.41, 5.74) is 11.5. The summed E-state index contributed by atoms with van der Waals surface area (Å²) in [4.78, 5) is 61.0. The van der Waals surface area contributed by atoms with Gasteiger partial charge in [-0.15, -0.1) is 17.5 Å². The van der Waals surface area contributed by atoms with E-state index in [-0.39, 0.29) is 53.9 Å². The first-order valence-corrected chi connectivity index (χ1v) is 12.7. The van der Waals surface area contributed by atoms with Crippen LogP contribution in [0.5, 0.6) is 0 Å². The van der Waals surface area contributed by atoms with Crippen molar-refractivity contribution in [2.75, 3.05) is 18.2 Å². The molecule has 0 saturated carbocycles. The van der Waals surface area contributed by atoms with Gasteiger partial charge in [0, 0.05) is 31.3 Å². The van der Waals surface area contributed by atoms with Gasteiger partial charge in [0.25, 0.3) is 16.8 Å². The SMILES string of the molecule is COC(=O)c1ccc(CNC(=O)c2cc(C(=O)O)n3nncc3n2)cc1.Cl.NCc1ccc(F)c(CNc2c(N)c(=O)c2=O)c1. The number of carboxylic acid groups (broad SMARTS) is 1. The molecular weight excluding hydrogens is 615 g/mol. The highest BCUT2D eigenvalue weighted by Gasteiger charge is 2.18. The van der Waals surface area contributed by atoms with E-state index in [4.69, 9.17) is 11.5 Å². The standard InChI is InChI=1S/C16H13N5O5.C12H12FN3O2.ClH/c1-26-16(25)10-4-2-9(3-5-10)7-17-14(22)11-6-12(15(23)24)21-13(19-11)8-18-20-21;13-8-2-1-6(4-14)3-7(8)5-16-10-9(15)11(17)12(10)18;/h2-6,8H,7H2,1H3,(H,17,22)(H,23,24);1-3,16H,4-5,14-15H2;1H. The fourth-order valence-electron chi connectivity index (χ4n) is 3.90. The number of methoxy groups -OCH3 is 1. The lowest BCUT2D eigenvalue weighted by Gasteiger charge is -2.11. The molecule has 0 atom stereocenters. The van der Waals surface area contributed by atoms with E-state index in [2.05, 4.69) is 30.7 Å². The third-order valence-electron chi connectivity index (χ3n) is 6.30. The lowest BCUT2D eigenvalue weighted by molar-refractivity contribution is 0.0599. The number of halogens is 2. The van der Waals surface area contributed by atoms with Crippen molar-refractivity contribution in [3.8, 4) is 0 Å². The number of carboxylic acids is 1. The monoisotopic (exact) mass is 640 g/mol. The van der Waals surface area contributed by atoms with Gasteiger partial charge in [-0.2, -0.15) is 4.52 Å². The van der Waals surface area contributed by atoms with E-state index in [0.717, 1.165) is 21.7 Å². The molecule has 45 heavy (non-hydrogen) atoms. The fourth-order valence-corrected chi connectivity index (χ4v) is 3.90. The van der Waals surface area contributed by atoms with E-state index >= 15 is 0 Å². The number of nitrogen functional groups attached to an aromatic ring is 1. The van der Waals surface area contributed by atoms with Crippen molar-refractivity contribution >= 4 is 47.3 Å². The van der Waals surface area contributed by atoms with Gasteiger partial charge in [0.05, 0.1) is 18.9 Å². The summed E-state index contributed by atoms with van der Waals surface area (Å²) in [5.74, 6) is -2.66. The van der Waals surface area contributed by atoms with Crippen LogP contribution in [0.25, 0.3) is 5.65 Å². The number of rotatable bonds is 9. The number of fused-ring (bicyclic) bond motifs is 1. The summed E-state index contributed by atoms with van der Waals surface area (Å²) < 4.78 is 19.1. The molecule has 7 N–H and O–H groups in total. The highest BCUT2D eigenvalue weighted by molar-refractivity contribution is 5.96. The van der Waals surface area contributed by atoms with Crippen LogP contribution in [0.2, 0.25) is 0 Å². The lowest BCUT2D eigenvalue weighted by atomic mass is 10.1. The maximum absolute atomic E-state index is 13.5. The largest absolute Gasteiger partial charge is 0.477 e. The van der Waals surface area contributed by atoms with E-state index in [1.807, 2.05) is 0 Å². The number of hydrogen-bond acceptors (Lipinski definition) is 12. The Hall–Kier alpha value is -5.74. The third-order valence-corrected chi connectivity index (χ3v) is 6.30. The first-order valence-electron chi connectivity index (χ1n) is 12.7. The second kappa shape index (κ2) is 14.6. The summed E-state index contributed by atoms with van der Waals surface area (Å²) in [6.07, 6.45) is 1.26. The third kappa shape index (κ3) is 7.62. The molecule has 3 aromatic carbocycles. The smallest absolute Gasteiger partial charge is 0.354 e. The number of amides is 1. The molecule has 234 valence electrons. The van der Waals surface area contributed by atoms with Gasteiger partial charge in [-0.05, 0) is 35.4 Å². The fraction of sp³-hybridized carbons (Fsp3) is 0.143. The minimum atomic E-state index is -1.25. The average Bonchev–Trinajstić information content (AvgIpc) is 3.52. The first-order chi connectivity index (χ1) is 21.0. The van der Waals surface area contributed by atoms with E-state index in [0.29, 0.717) is 17.7 Å². The van der Waals surface area contributed by atoms with Gasteiger partial charge in [-0.25, -0.2) is 19.0 Å². The second-order valence-corrected chi connectivity index (χ2v) is 9.14. The van der Waals surface area contributed by atoms with Crippen LogP contribution >= 0.6 is 12.4 Å². The van der Waals surface area contributed by atoms with Crippen LogP contribution in [0.15, 0.2) is 64.3 Å². The molecule has 0 spiro atoms. The van der Waals surface area contributed by atoms with Gasteiger partial charge >= 0.3 is 11.9 Å². The van der Waals surface area contributed by atoms with E-state index in [9.17, 15) is 33.5 Å². The number of benzene rings is 2. The lowest BCUT2D eigenvalue weighted by Crippen LogP contribution is -2.37. The zero-order valence-electron chi connectivity index (χ0n) is 23.4. The predicted octanol–water partition coefficient (Wildman–Crippen LogP) is 1.04. The van der Waals surface area contributed by atoms with Gasteiger partial charge in [0.15, 0.2) is 11.3 Å². The molecule has 0 saturated heterocycles. The molecule has 17 heteroatoms. The maximum atomic E-state index is 13.5. The minimum absolute atomic E-state index is 0. The Morgan fingerprint density at radius 2 is 1.71 bits per heavy atom. The number of hydrogen-bond donors (Lipinski definition) is 5. The van der Waals surface area contributed by atoms with Crippen molar-refractivity contribution in [2.45, 2.75) is 19.6 Å². The molecule has 0 unspecified atom stereocenters. The summed E-state index contributed by atoms with van der Waals surface area (Å²) in [6.45, 7) is 0.553. The van der Waals surface area contributed by atoms with Crippen LogP contribution in [0, 0.1) is 5.82 Å². The quantitative estimate of drug-likeness (QED) is 0.112. The molecule has 0 bridgehead atoms. The van der Waals surface area contributed by atoms with Crippen LogP contribution in [0.1, 0.15) is 48.0 Å². The number of carbonyl (C=O) groups is 3. The summed E-state index contributed by atoms with van der Waals surface area (Å²) in [6, 6.07) is 12.1. The number of esters is 1. The Kier molecular flexibility index (Phi) is 11.0. The molecule has 2 aromatic heterocycles. The Bertz CT molecular complexity index is 1940. The number of carbonyl (C=O) groups excluding carboxylic acids is 2. The van der Waals surface area contributed by atoms with E-state index in [1.165, 1.54) is 19.4 Å². The number of aromatic carboxylic acids is 1. The van der Waals surface area contributed by atoms with E-state index in [1.54, 1.807) is 36.4 Å². The maximum Gasteiger partial charge on any atom is 0.354 e. The number of nitrogens with zero attached hydrogens (tertiary/aromatic N) is 4. The van der Waals surface area contributed by atoms with Gasteiger partial charge in [0.2, 0.25) is 0 Å². The van der Waals surface area contributed by atoms with Crippen molar-refractivity contribution < 1.29 is 28.6 Å². The highest BCUT2D eigenvalue weighted by Crippen LogP contribution is 2.15. The van der Waals surface area contributed by atoms with Crippen LogP contribution in [-0.2, 0) is 24.4 Å². The Morgan fingerprint density at radius 1 is 1.02 bits per heavy atom. The molecule has 2 heterocycles. The summed E-state index contributed by atoms with van der Waals surface area (Å²) >= 11 is 0. The zero-order valence-corrected chi connectivity index (χ0v) is 24.3. The Labute approximate surface area is 259 Å². The predicted molar refractivity (Wildman–Crippen MR) is 161 cm³/mol. The Balaban J connectivity index is 0.000000256. The van der Waals surface area contributed by atoms with Crippen LogP contribution in [0.3, 0.4) is 0 Å². The molecule has 5 rings (SSSR count). The average molecular weight is 641 g/mol. The molecule has 0 aliphatic heterocycles. The molecule has 0 aliphatic rings. The molecule has 0 fully saturated rings. The molecule has 0 aliphatic carbocycles. The van der Waals surface area contributed by atoms with Crippen molar-refractivity contribution in [2.24, 2.45) is 5.73 Å². The van der Waals surface area contributed by atoms with Crippen molar-refractivity contribution in [3.05, 3.63) is 115 Å². The van der Waals surface area contributed by atoms with E-state index < -0.39 is 34.5 Å². The van der Waals surface area contributed by atoms with Gasteiger partial charge in [-0.3, -0.25) is 14.4 Å². The van der Waals surface area contributed by atoms with Gasteiger partial charge in [-0.1, -0.05) is 23.4 Å². The van der Waals surface area contributed by atoms with Crippen molar-refractivity contribution in [3.63, 3.8) is 0 Å². The normalized spacial score (nSPS) is 10.4.